The molecule has 0 bridgehead atoms. The number of likely N-dealkylation sites (N-methyl/N-ethyl adjacent to an activating group) is 1. The zero-order valence-electron chi connectivity index (χ0n) is 27.2. The lowest BCUT2D eigenvalue weighted by atomic mass is 10.0. The summed E-state index contributed by atoms with van der Waals surface area (Å²) in [7, 11) is 1.25. The summed E-state index contributed by atoms with van der Waals surface area (Å²) in [6, 6.07) is -0.874. The molecule has 0 aromatic carbocycles. The second-order valence-electron chi connectivity index (χ2n) is 12.5. The number of hydrogen-bond acceptors (Lipinski definition) is 6. The Morgan fingerprint density at radius 1 is 0.829 bits per heavy atom. The van der Waals surface area contributed by atoms with Crippen LogP contribution in [0.2, 0.25) is 0 Å². The number of carbonyl (C=O) groups is 1. The number of allylic oxidation sites excluding steroid dienone is 1. The van der Waals surface area contributed by atoms with Gasteiger partial charge in [0.2, 0.25) is 5.91 Å². The number of unbranched alkanes of at least 4 members (excludes halogenated alkanes) is 16. The normalized spacial score (nSPS) is 15.2. The van der Waals surface area contributed by atoms with E-state index in [4.69, 9.17) is 9.05 Å². The van der Waals surface area contributed by atoms with Crippen LogP contribution in [-0.2, 0) is 18.4 Å². The zero-order valence-corrected chi connectivity index (χ0v) is 28.1. The third kappa shape index (κ3) is 27.8. The predicted molar refractivity (Wildman–Crippen MR) is 169 cm³/mol. The van der Waals surface area contributed by atoms with Crippen molar-refractivity contribution in [2.75, 3.05) is 40.9 Å². The fraction of sp³-hybridized carbons (Fsp3) is 0.906. The van der Waals surface area contributed by atoms with Gasteiger partial charge in [0.25, 0.3) is 7.82 Å². The Morgan fingerprint density at radius 2 is 1.32 bits per heavy atom. The molecule has 1 amide bonds. The molecule has 2 N–H and O–H groups in total. The van der Waals surface area contributed by atoms with Crippen LogP contribution in [0.4, 0.5) is 0 Å². The van der Waals surface area contributed by atoms with Crippen molar-refractivity contribution < 1.29 is 32.9 Å². The molecule has 0 fully saturated rings. The number of aliphatic hydroxyl groups is 1. The van der Waals surface area contributed by atoms with Gasteiger partial charge in [-0.1, -0.05) is 122 Å². The number of nitrogens with one attached hydrogen (secondary N) is 1. The first kappa shape index (κ1) is 40.2. The van der Waals surface area contributed by atoms with E-state index in [1.807, 2.05) is 34.1 Å². The van der Waals surface area contributed by atoms with Crippen molar-refractivity contribution in [1.29, 1.82) is 0 Å². The number of carbonyl (C=O) groups excluding carboxylic acids is 1. The van der Waals surface area contributed by atoms with Crippen LogP contribution in [0, 0.1) is 0 Å². The number of quaternary nitrogens is 1. The van der Waals surface area contributed by atoms with E-state index in [0.717, 1.165) is 32.1 Å². The number of amides is 1. The summed E-state index contributed by atoms with van der Waals surface area (Å²) in [5, 5.41) is 13.4. The van der Waals surface area contributed by atoms with Crippen molar-refractivity contribution in [2.24, 2.45) is 0 Å². The van der Waals surface area contributed by atoms with E-state index in [-0.39, 0.29) is 19.1 Å². The van der Waals surface area contributed by atoms with Gasteiger partial charge in [-0.2, -0.15) is 0 Å². The van der Waals surface area contributed by atoms with E-state index in [1.165, 1.54) is 83.5 Å². The fourth-order valence-corrected chi connectivity index (χ4v) is 5.20. The van der Waals surface area contributed by atoms with E-state index >= 15 is 0 Å². The molecule has 0 aliphatic heterocycles. The highest BCUT2D eigenvalue weighted by Gasteiger charge is 2.23. The Morgan fingerprint density at radius 3 is 1.80 bits per heavy atom. The Hall–Kier alpha value is -0.760. The Bertz CT molecular complexity index is 698. The fourth-order valence-electron chi connectivity index (χ4n) is 4.48. The number of phosphoric acid groups is 1. The molecule has 8 nitrogen and oxygen atoms in total. The molecule has 244 valence electrons. The number of hydrogen-bond donors (Lipinski definition) is 2. The predicted octanol–water partition coefficient (Wildman–Crippen LogP) is 7.05. The largest absolute Gasteiger partial charge is 0.756 e. The summed E-state index contributed by atoms with van der Waals surface area (Å²) in [6.07, 6.45) is 25.0. The molecule has 0 aliphatic rings. The quantitative estimate of drug-likeness (QED) is 0.0410. The van der Waals surface area contributed by atoms with E-state index in [2.05, 4.69) is 12.2 Å². The smallest absolute Gasteiger partial charge is 0.268 e. The highest BCUT2D eigenvalue weighted by Crippen LogP contribution is 2.38. The van der Waals surface area contributed by atoms with Crippen LogP contribution in [0.3, 0.4) is 0 Å². The molecule has 0 radical (unpaired) electrons. The Balaban J connectivity index is 4.23. The number of rotatable bonds is 29. The second-order valence-corrected chi connectivity index (χ2v) is 13.9. The second kappa shape index (κ2) is 25.7. The average molecular weight is 605 g/mol. The van der Waals surface area contributed by atoms with Crippen molar-refractivity contribution in [2.45, 2.75) is 148 Å². The molecule has 9 heteroatoms. The summed E-state index contributed by atoms with van der Waals surface area (Å²) in [5.74, 6) is -0.234. The molecule has 0 heterocycles. The molecule has 0 aliphatic carbocycles. The standard InChI is InChI=1S/C32H65N2O6P/c1-6-8-10-11-12-13-14-15-16-17-18-19-20-21-22-23-24-25-31(35)30(33-32(36)26-9-7-2)29-40-41(37,38)39-28-27-34(3,4)5/h24-25,30-31,35H,6-23,26-29H2,1-5H3,(H-,33,36,37,38)/b25-24+. The van der Waals surface area contributed by atoms with Gasteiger partial charge in [0, 0.05) is 6.42 Å². The molecule has 0 aromatic rings. The van der Waals surface area contributed by atoms with Gasteiger partial charge in [-0.05, 0) is 19.3 Å². The molecule has 0 saturated carbocycles. The summed E-state index contributed by atoms with van der Waals surface area (Å²) >= 11 is 0. The van der Waals surface area contributed by atoms with Gasteiger partial charge in [-0.25, -0.2) is 0 Å². The van der Waals surface area contributed by atoms with Crippen LogP contribution in [0.25, 0.3) is 0 Å². The van der Waals surface area contributed by atoms with Gasteiger partial charge in [-0.15, -0.1) is 0 Å². The summed E-state index contributed by atoms with van der Waals surface area (Å²) < 4.78 is 22.7. The van der Waals surface area contributed by atoms with Crippen molar-refractivity contribution in [3.05, 3.63) is 12.2 Å². The number of nitrogens with zero attached hydrogens (tertiary/aromatic N) is 1. The third-order valence-electron chi connectivity index (χ3n) is 7.25. The van der Waals surface area contributed by atoms with Crippen LogP contribution >= 0.6 is 7.82 Å². The topological polar surface area (TPSA) is 108 Å². The first-order valence-electron chi connectivity index (χ1n) is 16.6. The number of aliphatic hydroxyl groups excluding tert-OH is 1. The van der Waals surface area contributed by atoms with E-state index in [0.29, 0.717) is 17.4 Å². The minimum absolute atomic E-state index is 0.000482. The molecule has 41 heavy (non-hydrogen) atoms. The molecule has 0 aromatic heterocycles. The lowest BCUT2D eigenvalue weighted by molar-refractivity contribution is -0.870. The van der Waals surface area contributed by atoms with E-state index in [1.54, 1.807) is 6.08 Å². The zero-order chi connectivity index (χ0) is 30.8. The van der Waals surface area contributed by atoms with Gasteiger partial charge in [-0.3, -0.25) is 9.36 Å². The van der Waals surface area contributed by atoms with Crippen LogP contribution in [-0.4, -0.2) is 68.5 Å². The lowest BCUT2D eigenvalue weighted by Crippen LogP contribution is -2.45. The molecule has 0 saturated heterocycles. The Labute approximate surface area is 252 Å². The van der Waals surface area contributed by atoms with Crippen LogP contribution < -0.4 is 10.2 Å². The maximum atomic E-state index is 12.3. The van der Waals surface area contributed by atoms with Crippen molar-refractivity contribution in [3.8, 4) is 0 Å². The summed E-state index contributed by atoms with van der Waals surface area (Å²) in [5.41, 5.74) is 0. The van der Waals surface area contributed by atoms with Crippen LogP contribution in [0.15, 0.2) is 12.2 Å². The van der Waals surface area contributed by atoms with E-state index in [9.17, 15) is 19.4 Å². The minimum Gasteiger partial charge on any atom is -0.756 e. The number of phosphoric ester groups is 1. The SMILES string of the molecule is CCCCCCCCCCCCCCCCC/C=C/C(O)C(COP(=O)([O-])OCC[N+](C)(C)C)NC(=O)CCCC. The highest BCUT2D eigenvalue weighted by molar-refractivity contribution is 7.45. The summed E-state index contributed by atoms with van der Waals surface area (Å²) in [6.45, 7) is 4.37. The van der Waals surface area contributed by atoms with Crippen molar-refractivity contribution in [3.63, 3.8) is 0 Å². The maximum Gasteiger partial charge on any atom is 0.268 e. The van der Waals surface area contributed by atoms with Crippen LogP contribution in [0.5, 0.6) is 0 Å². The molecule has 0 rings (SSSR count). The van der Waals surface area contributed by atoms with Gasteiger partial charge < -0.3 is 28.8 Å². The van der Waals surface area contributed by atoms with Crippen molar-refractivity contribution in [1.82, 2.24) is 5.32 Å². The van der Waals surface area contributed by atoms with Gasteiger partial charge in [0.1, 0.15) is 13.2 Å². The molecule has 3 unspecified atom stereocenters. The molecular formula is C32H65N2O6P. The van der Waals surface area contributed by atoms with Crippen molar-refractivity contribution >= 4 is 13.7 Å². The highest BCUT2D eigenvalue weighted by atomic mass is 31.2. The first-order valence-corrected chi connectivity index (χ1v) is 18.0. The first-order chi connectivity index (χ1) is 19.5. The Kier molecular flexibility index (Phi) is 25.2. The molecule has 3 atom stereocenters. The summed E-state index contributed by atoms with van der Waals surface area (Å²) in [4.78, 5) is 24.5. The maximum absolute atomic E-state index is 12.3. The third-order valence-corrected chi connectivity index (χ3v) is 8.21. The average Bonchev–Trinajstić information content (AvgIpc) is 2.90. The minimum atomic E-state index is -4.55. The molecular weight excluding hydrogens is 539 g/mol. The lowest BCUT2D eigenvalue weighted by Gasteiger charge is -2.29. The monoisotopic (exact) mass is 604 g/mol. The van der Waals surface area contributed by atoms with Gasteiger partial charge >= 0.3 is 0 Å². The van der Waals surface area contributed by atoms with Gasteiger partial charge in [0.15, 0.2) is 0 Å². The van der Waals surface area contributed by atoms with Gasteiger partial charge in [0.05, 0.1) is 39.9 Å². The molecule has 0 spiro atoms. The van der Waals surface area contributed by atoms with Crippen LogP contribution in [0.1, 0.15) is 136 Å². The van der Waals surface area contributed by atoms with E-state index < -0.39 is 20.0 Å².